The van der Waals surface area contributed by atoms with Crippen LogP contribution in [-0.4, -0.2) is 25.5 Å². The van der Waals surface area contributed by atoms with Gasteiger partial charge in [-0.3, -0.25) is 4.68 Å². The monoisotopic (exact) mass is 305 g/mol. The van der Waals surface area contributed by atoms with E-state index in [1.54, 1.807) is 11.0 Å². The molecule has 3 unspecified atom stereocenters. The molecule has 0 amide bonds. The highest BCUT2D eigenvalue weighted by molar-refractivity contribution is 6.21. The van der Waals surface area contributed by atoms with E-state index < -0.39 is 5.60 Å². The van der Waals surface area contributed by atoms with E-state index in [0.29, 0.717) is 6.54 Å². The van der Waals surface area contributed by atoms with Gasteiger partial charge in [-0.2, -0.15) is 5.10 Å². The smallest absolute Gasteiger partial charge is 0.137 e. The van der Waals surface area contributed by atoms with Crippen LogP contribution in [-0.2, 0) is 6.54 Å². The summed E-state index contributed by atoms with van der Waals surface area (Å²) in [5.41, 5.74) is -0.203. The molecule has 0 bridgehead atoms. The van der Waals surface area contributed by atoms with Crippen molar-refractivity contribution >= 4 is 11.6 Å². The molecular weight excluding hydrogens is 286 g/mol. The Kier molecular flexibility index (Phi) is 3.76. The number of hydrogen-bond acceptors (Lipinski definition) is 3. The second kappa shape index (κ2) is 5.43. The molecule has 1 aliphatic carbocycles. The molecule has 1 aromatic heterocycles. The van der Waals surface area contributed by atoms with Gasteiger partial charge in [0.1, 0.15) is 12.7 Å². The molecule has 4 nitrogen and oxygen atoms in total. The van der Waals surface area contributed by atoms with Crippen molar-refractivity contribution in [2.75, 3.05) is 0 Å². The van der Waals surface area contributed by atoms with Gasteiger partial charge < -0.3 is 5.11 Å². The van der Waals surface area contributed by atoms with Gasteiger partial charge >= 0.3 is 0 Å². The maximum atomic E-state index is 11.2. The lowest BCUT2D eigenvalue weighted by Crippen LogP contribution is -2.47. The average Bonchev–Trinajstić information content (AvgIpc) is 3.09. The van der Waals surface area contributed by atoms with Crippen LogP contribution in [0.4, 0.5) is 0 Å². The first-order valence-electron chi connectivity index (χ1n) is 7.29. The Hall–Kier alpha value is -1.39. The molecule has 1 aromatic carbocycles. The Bertz CT molecular complexity index is 589. The summed E-state index contributed by atoms with van der Waals surface area (Å²) >= 11 is 6.77. The minimum absolute atomic E-state index is 0.227. The van der Waals surface area contributed by atoms with E-state index in [-0.39, 0.29) is 10.8 Å². The molecule has 0 aliphatic heterocycles. The van der Waals surface area contributed by atoms with Crippen LogP contribution in [0.1, 0.15) is 37.1 Å². The summed E-state index contributed by atoms with van der Waals surface area (Å²) in [7, 11) is 0. The van der Waals surface area contributed by atoms with Crippen LogP contribution in [0, 0.1) is 5.41 Å². The highest BCUT2D eigenvalue weighted by Gasteiger charge is 2.55. The number of benzene rings is 1. The standard InChI is InChI=1S/C16H20ClN3O/c1-15(14(17)13-6-3-2-4-7-13)8-5-9-16(15,21)10-20-12-18-11-19-20/h2-4,6-7,11-12,14,21H,5,8-10H2,1H3. The van der Waals surface area contributed by atoms with Crippen molar-refractivity contribution < 1.29 is 5.11 Å². The summed E-state index contributed by atoms with van der Waals surface area (Å²) in [5, 5.41) is 15.1. The van der Waals surface area contributed by atoms with E-state index >= 15 is 0 Å². The van der Waals surface area contributed by atoms with Gasteiger partial charge in [-0.25, -0.2) is 4.98 Å². The zero-order valence-corrected chi connectivity index (χ0v) is 12.9. The van der Waals surface area contributed by atoms with Crippen LogP contribution in [0.15, 0.2) is 43.0 Å². The lowest BCUT2D eigenvalue weighted by molar-refractivity contribution is -0.0701. The van der Waals surface area contributed by atoms with Crippen LogP contribution in [0.2, 0.25) is 0 Å². The predicted octanol–water partition coefficient (Wildman–Crippen LogP) is 3.18. The molecule has 1 N–H and O–H groups in total. The van der Waals surface area contributed by atoms with Crippen molar-refractivity contribution in [3.8, 4) is 0 Å². The number of aliphatic hydroxyl groups is 1. The highest BCUT2D eigenvalue weighted by atomic mass is 35.5. The first kappa shape index (κ1) is 14.5. The van der Waals surface area contributed by atoms with Crippen molar-refractivity contribution in [3.05, 3.63) is 48.5 Å². The van der Waals surface area contributed by atoms with Gasteiger partial charge in [-0.05, 0) is 24.8 Å². The minimum atomic E-state index is -0.872. The molecule has 2 aromatic rings. The lowest BCUT2D eigenvalue weighted by atomic mass is 9.71. The number of hydrogen-bond donors (Lipinski definition) is 1. The number of halogens is 1. The quantitative estimate of drug-likeness (QED) is 0.883. The number of nitrogens with zero attached hydrogens (tertiary/aromatic N) is 3. The SMILES string of the molecule is CC1(C(Cl)c2ccccc2)CCCC1(O)Cn1cncn1. The minimum Gasteiger partial charge on any atom is -0.387 e. The zero-order chi connectivity index (χ0) is 14.9. The molecular formula is C16H20ClN3O. The third-order valence-electron chi connectivity index (χ3n) is 4.89. The average molecular weight is 306 g/mol. The molecule has 1 saturated carbocycles. The van der Waals surface area contributed by atoms with Crippen molar-refractivity contribution in [1.29, 1.82) is 0 Å². The fourth-order valence-electron chi connectivity index (χ4n) is 3.46. The summed E-state index contributed by atoms with van der Waals surface area (Å²) < 4.78 is 1.69. The van der Waals surface area contributed by atoms with E-state index in [1.165, 1.54) is 6.33 Å². The topological polar surface area (TPSA) is 50.9 Å². The van der Waals surface area contributed by atoms with Crippen LogP contribution >= 0.6 is 11.6 Å². The summed E-state index contributed by atoms with van der Waals surface area (Å²) in [6, 6.07) is 10.00. The van der Waals surface area contributed by atoms with Gasteiger partial charge in [0.05, 0.1) is 17.5 Å². The molecule has 1 heterocycles. The summed E-state index contributed by atoms with van der Waals surface area (Å²) in [5.74, 6) is 0. The summed E-state index contributed by atoms with van der Waals surface area (Å²) in [6.07, 6.45) is 5.74. The van der Waals surface area contributed by atoms with Gasteiger partial charge in [-0.1, -0.05) is 37.3 Å². The first-order chi connectivity index (χ1) is 10.1. The Morgan fingerprint density at radius 1 is 1.33 bits per heavy atom. The maximum absolute atomic E-state index is 11.2. The van der Waals surface area contributed by atoms with Crippen LogP contribution in [0.3, 0.4) is 0 Å². The third kappa shape index (κ3) is 2.47. The first-order valence-corrected chi connectivity index (χ1v) is 7.73. The van der Waals surface area contributed by atoms with Gasteiger partial charge in [0, 0.05) is 5.41 Å². The van der Waals surface area contributed by atoms with Gasteiger partial charge in [0.25, 0.3) is 0 Å². The second-order valence-electron chi connectivity index (χ2n) is 6.17. The Balaban J connectivity index is 1.91. The van der Waals surface area contributed by atoms with Crippen molar-refractivity contribution in [2.24, 2.45) is 5.41 Å². The molecule has 5 heteroatoms. The van der Waals surface area contributed by atoms with Gasteiger partial charge in [0.2, 0.25) is 0 Å². The number of alkyl halides is 1. The summed E-state index contributed by atoms with van der Waals surface area (Å²) in [6.45, 7) is 2.52. The Morgan fingerprint density at radius 2 is 2.10 bits per heavy atom. The fraction of sp³-hybridized carbons (Fsp3) is 0.500. The lowest BCUT2D eigenvalue weighted by Gasteiger charge is -2.43. The molecule has 1 aliphatic rings. The molecule has 0 saturated heterocycles. The molecule has 3 atom stereocenters. The van der Waals surface area contributed by atoms with Crippen LogP contribution < -0.4 is 0 Å². The second-order valence-corrected chi connectivity index (χ2v) is 6.61. The predicted molar refractivity (Wildman–Crippen MR) is 82.0 cm³/mol. The number of rotatable bonds is 4. The molecule has 1 fully saturated rings. The highest BCUT2D eigenvalue weighted by Crippen LogP contribution is 2.56. The Morgan fingerprint density at radius 3 is 2.76 bits per heavy atom. The summed E-state index contributed by atoms with van der Waals surface area (Å²) in [4.78, 5) is 3.95. The molecule has 0 spiro atoms. The van der Waals surface area contributed by atoms with E-state index in [1.807, 2.05) is 30.3 Å². The van der Waals surface area contributed by atoms with Crippen LogP contribution in [0.25, 0.3) is 0 Å². The number of aromatic nitrogens is 3. The molecule has 21 heavy (non-hydrogen) atoms. The van der Waals surface area contributed by atoms with Gasteiger partial charge in [0.15, 0.2) is 0 Å². The van der Waals surface area contributed by atoms with Crippen molar-refractivity contribution in [2.45, 2.75) is 43.7 Å². The molecule has 3 rings (SSSR count). The third-order valence-corrected chi connectivity index (χ3v) is 5.62. The largest absolute Gasteiger partial charge is 0.387 e. The van der Waals surface area contributed by atoms with Crippen LogP contribution in [0.5, 0.6) is 0 Å². The van der Waals surface area contributed by atoms with E-state index in [4.69, 9.17) is 11.6 Å². The zero-order valence-electron chi connectivity index (χ0n) is 12.1. The van der Waals surface area contributed by atoms with E-state index in [9.17, 15) is 5.11 Å². The molecule has 112 valence electrons. The maximum Gasteiger partial charge on any atom is 0.137 e. The normalized spacial score (nSPS) is 30.4. The van der Waals surface area contributed by atoms with E-state index in [0.717, 1.165) is 24.8 Å². The van der Waals surface area contributed by atoms with Gasteiger partial charge in [-0.15, -0.1) is 11.6 Å². The Labute approximate surface area is 129 Å². The van der Waals surface area contributed by atoms with Crippen molar-refractivity contribution in [1.82, 2.24) is 14.8 Å². The van der Waals surface area contributed by atoms with E-state index in [2.05, 4.69) is 17.0 Å². The van der Waals surface area contributed by atoms with Crippen molar-refractivity contribution in [3.63, 3.8) is 0 Å². The fourth-order valence-corrected chi connectivity index (χ4v) is 3.92. The molecule has 0 radical (unpaired) electrons.